The summed E-state index contributed by atoms with van der Waals surface area (Å²) in [5.74, 6) is -1.33. The van der Waals surface area contributed by atoms with Crippen LogP contribution < -0.4 is 10.0 Å². The number of carbonyl (C=O) groups excluding carboxylic acids is 1. The molecule has 0 aromatic heterocycles. The highest BCUT2D eigenvalue weighted by atomic mass is 35.5. The fourth-order valence-corrected chi connectivity index (χ4v) is 7.94. The summed E-state index contributed by atoms with van der Waals surface area (Å²) >= 11 is 24.3. The van der Waals surface area contributed by atoms with E-state index >= 15 is 0 Å². The third-order valence-corrected chi connectivity index (χ3v) is 10.8. The summed E-state index contributed by atoms with van der Waals surface area (Å²) in [5, 5.41) is 3.54. The maximum absolute atomic E-state index is 13.1. The quantitative estimate of drug-likeness (QED) is 0.298. The van der Waals surface area contributed by atoms with Crippen LogP contribution in [0.3, 0.4) is 0 Å². The van der Waals surface area contributed by atoms with E-state index in [1.165, 1.54) is 40.7 Å². The third kappa shape index (κ3) is 7.18. The maximum atomic E-state index is 13.1. The van der Waals surface area contributed by atoms with E-state index in [4.69, 9.17) is 46.4 Å². The van der Waals surface area contributed by atoms with E-state index in [1.807, 2.05) is 0 Å². The van der Waals surface area contributed by atoms with E-state index in [-0.39, 0.29) is 55.4 Å². The Morgan fingerprint density at radius 2 is 1.49 bits per heavy atom. The molecular formula is C25H23Cl4N3O5S2. The van der Waals surface area contributed by atoms with Crippen LogP contribution in [0.4, 0.5) is 11.4 Å². The van der Waals surface area contributed by atoms with Crippen molar-refractivity contribution >= 4 is 83.7 Å². The largest absolute Gasteiger partial charge is 0.326 e. The Morgan fingerprint density at radius 3 is 2.15 bits per heavy atom. The summed E-state index contributed by atoms with van der Waals surface area (Å²) in [4.78, 5) is 12.9. The molecule has 1 heterocycles. The van der Waals surface area contributed by atoms with Crippen molar-refractivity contribution in [1.29, 1.82) is 0 Å². The first-order chi connectivity index (χ1) is 18.4. The molecule has 1 saturated heterocycles. The number of benzene rings is 3. The summed E-state index contributed by atoms with van der Waals surface area (Å²) in [5.41, 5.74) is 0.812. The van der Waals surface area contributed by atoms with Gasteiger partial charge in [0.15, 0.2) is 0 Å². The molecule has 0 spiro atoms. The molecule has 39 heavy (non-hydrogen) atoms. The Hall–Kier alpha value is -2.05. The lowest BCUT2D eigenvalue weighted by Gasteiger charge is -2.31. The first-order valence-corrected chi connectivity index (χ1v) is 16.3. The van der Waals surface area contributed by atoms with Gasteiger partial charge >= 0.3 is 0 Å². The molecule has 2 N–H and O–H groups in total. The number of amides is 1. The van der Waals surface area contributed by atoms with Crippen LogP contribution in [-0.4, -0.2) is 40.1 Å². The average Bonchev–Trinajstić information content (AvgIpc) is 2.89. The van der Waals surface area contributed by atoms with Crippen LogP contribution in [0.2, 0.25) is 20.1 Å². The second kappa shape index (κ2) is 12.2. The Balaban J connectivity index is 1.41. The highest BCUT2D eigenvalue weighted by molar-refractivity contribution is 7.92. The second-order valence-electron chi connectivity index (χ2n) is 8.87. The Bertz CT molecular complexity index is 1580. The zero-order valence-corrected chi connectivity index (χ0v) is 24.9. The predicted molar refractivity (Wildman–Crippen MR) is 156 cm³/mol. The summed E-state index contributed by atoms with van der Waals surface area (Å²) in [6.45, 7) is 0.289. The number of sulfonamides is 2. The van der Waals surface area contributed by atoms with Crippen LogP contribution >= 0.6 is 46.4 Å². The number of anilines is 2. The molecule has 1 fully saturated rings. The van der Waals surface area contributed by atoms with Crippen molar-refractivity contribution in [2.45, 2.75) is 23.5 Å². The van der Waals surface area contributed by atoms with Gasteiger partial charge in [0.05, 0.1) is 32.3 Å². The van der Waals surface area contributed by atoms with Crippen molar-refractivity contribution < 1.29 is 21.6 Å². The lowest BCUT2D eigenvalue weighted by atomic mass is 9.99. The van der Waals surface area contributed by atoms with Gasteiger partial charge in [0.1, 0.15) is 0 Å². The monoisotopic (exact) mass is 649 g/mol. The molecule has 208 valence electrons. The number of hydrogen-bond acceptors (Lipinski definition) is 5. The first kappa shape index (κ1) is 29.9. The minimum Gasteiger partial charge on any atom is -0.326 e. The fourth-order valence-electron chi connectivity index (χ4n) is 4.10. The molecule has 3 aromatic rings. The van der Waals surface area contributed by atoms with E-state index in [0.717, 1.165) is 0 Å². The zero-order valence-electron chi connectivity index (χ0n) is 20.2. The van der Waals surface area contributed by atoms with Gasteiger partial charge in [0, 0.05) is 34.4 Å². The molecule has 0 unspecified atom stereocenters. The smallest absolute Gasteiger partial charge is 0.261 e. The second-order valence-corrected chi connectivity index (χ2v) is 14.1. The van der Waals surface area contributed by atoms with Gasteiger partial charge < -0.3 is 5.32 Å². The van der Waals surface area contributed by atoms with Gasteiger partial charge in [0.2, 0.25) is 15.9 Å². The van der Waals surface area contributed by atoms with Crippen molar-refractivity contribution in [3.8, 4) is 0 Å². The molecular weight excluding hydrogens is 628 g/mol. The lowest BCUT2D eigenvalue weighted by Crippen LogP contribution is -2.44. The van der Waals surface area contributed by atoms with Crippen LogP contribution in [0.25, 0.3) is 0 Å². The van der Waals surface area contributed by atoms with E-state index in [0.29, 0.717) is 24.1 Å². The Morgan fingerprint density at radius 1 is 0.872 bits per heavy atom. The zero-order chi connectivity index (χ0) is 28.4. The topological polar surface area (TPSA) is 113 Å². The number of piperidine rings is 1. The van der Waals surface area contributed by atoms with Gasteiger partial charge in [-0.25, -0.2) is 21.1 Å². The molecule has 1 amide bonds. The van der Waals surface area contributed by atoms with Crippen molar-refractivity contribution in [2.24, 2.45) is 5.92 Å². The minimum atomic E-state index is -3.97. The van der Waals surface area contributed by atoms with E-state index < -0.39 is 26.0 Å². The summed E-state index contributed by atoms with van der Waals surface area (Å²) in [6.07, 6.45) is 1.00. The van der Waals surface area contributed by atoms with E-state index in [9.17, 15) is 21.6 Å². The number of rotatable bonds is 8. The van der Waals surface area contributed by atoms with E-state index in [1.54, 1.807) is 24.3 Å². The fraction of sp³-hybridized carbons (Fsp3) is 0.240. The summed E-state index contributed by atoms with van der Waals surface area (Å²) in [6, 6.07) is 14.9. The number of nitrogens with zero attached hydrogens (tertiary/aromatic N) is 1. The molecule has 1 aliphatic rings. The summed E-state index contributed by atoms with van der Waals surface area (Å²) in [7, 11) is -7.75. The number of hydrogen-bond donors (Lipinski definition) is 2. The van der Waals surface area contributed by atoms with Gasteiger partial charge in [-0.05, 0) is 61.4 Å². The van der Waals surface area contributed by atoms with Crippen molar-refractivity contribution in [1.82, 2.24) is 4.31 Å². The van der Waals surface area contributed by atoms with Crippen molar-refractivity contribution in [3.05, 3.63) is 86.3 Å². The van der Waals surface area contributed by atoms with Crippen LogP contribution in [-0.2, 0) is 30.6 Å². The molecule has 4 rings (SSSR count). The van der Waals surface area contributed by atoms with Gasteiger partial charge in [-0.1, -0.05) is 58.5 Å². The number of halogens is 4. The normalized spacial score (nSPS) is 16.6. The third-order valence-electron chi connectivity index (χ3n) is 6.16. The molecule has 0 bridgehead atoms. The number of nitrogens with one attached hydrogen (secondary N) is 2. The van der Waals surface area contributed by atoms with Crippen molar-refractivity contribution in [2.75, 3.05) is 23.1 Å². The molecule has 0 aliphatic carbocycles. The molecule has 3 aromatic carbocycles. The SMILES string of the molecule is O=C(Nc1ccc(S(=O)(=O)Nc2cccc(Cl)c2Cl)cc1)[C@H]1CCCN(S(=O)(=O)Cc2c(Cl)cccc2Cl)C1. The van der Waals surface area contributed by atoms with Gasteiger partial charge in [0.25, 0.3) is 10.0 Å². The molecule has 1 atom stereocenters. The molecule has 8 nitrogen and oxygen atoms in total. The van der Waals surface area contributed by atoms with Gasteiger partial charge in [-0.15, -0.1) is 0 Å². The van der Waals surface area contributed by atoms with E-state index in [2.05, 4.69) is 10.0 Å². The number of carbonyl (C=O) groups is 1. The standard InChI is InChI=1S/C25H23Cl4N3O5S2/c26-20-5-1-6-21(27)19(20)15-38(34,35)32-13-3-4-16(14-32)25(33)30-17-9-11-18(12-10-17)39(36,37)31-23-8-2-7-22(28)24(23)29/h1-2,5-12,16,31H,3-4,13-15H2,(H,30,33)/t16-/m0/s1. The highest BCUT2D eigenvalue weighted by Gasteiger charge is 2.33. The summed E-state index contributed by atoms with van der Waals surface area (Å²) < 4.78 is 55.4. The lowest BCUT2D eigenvalue weighted by molar-refractivity contribution is -0.120. The average molecular weight is 651 g/mol. The van der Waals surface area contributed by atoms with Crippen LogP contribution in [0, 0.1) is 5.92 Å². The van der Waals surface area contributed by atoms with Gasteiger partial charge in [-0.2, -0.15) is 0 Å². The highest BCUT2D eigenvalue weighted by Crippen LogP contribution is 2.32. The molecule has 1 aliphatic heterocycles. The van der Waals surface area contributed by atoms with Crippen LogP contribution in [0.15, 0.2) is 65.6 Å². The van der Waals surface area contributed by atoms with Crippen molar-refractivity contribution in [3.63, 3.8) is 0 Å². The first-order valence-electron chi connectivity index (χ1n) is 11.7. The minimum absolute atomic E-state index is 0.00696. The Kier molecular flexibility index (Phi) is 9.37. The maximum Gasteiger partial charge on any atom is 0.261 e. The predicted octanol–water partition coefficient (Wildman–Crippen LogP) is 6.28. The molecule has 14 heteroatoms. The molecule has 0 saturated carbocycles. The Labute approximate surface area is 247 Å². The van der Waals surface area contributed by atoms with Crippen LogP contribution in [0.1, 0.15) is 18.4 Å². The van der Waals surface area contributed by atoms with Gasteiger partial charge in [-0.3, -0.25) is 9.52 Å². The van der Waals surface area contributed by atoms with Crippen LogP contribution in [0.5, 0.6) is 0 Å². The molecule has 0 radical (unpaired) electrons.